The molecular formula is C27H20ClN3O6S2. The summed E-state index contributed by atoms with van der Waals surface area (Å²) in [6, 6.07) is 14.7. The summed E-state index contributed by atoms with van der Waals surface area (Å²) in [6.45, 7) is 2.54. The number of halogens is 1. The predicted octanol–water partition coefficient (Wildman–Crippen LogP) is 5.78. The predicted molar refractivity (Wildman–Crippen MR) is 147 cm³/mol. The van der Waals surface area contributed by atoms with E-state index in [2.05, 4.69) is 10.2 Å². The number of ether oxygens (including phenoxy) is 2. The Morgan fingerprint density at radius 3 is 2.67 bits per heavy atom. The number of aromatic nitrogens is 2. The topological polar surface area (TPSA) is 115 Å². The molecule has 1 amide bonds. The quantitative estimate of drug-likeness (QED) is 0.0994. The van der Waals surface area contributed by atoms with E-state index in [0.29, 0.717) is 56.9 Å². The first-order chi connectivity index (χ1) is 18.9. The van der Waals surface area contributed by atoms with E-state index in [-0.39, 0.29) is 16.5 Å². The van der Waals surface area contributed by atoms with Crippen molar-refractivity contribution in [3.63, 3.8) is 0 Å². The fraction of sp³-hybridized carbons (Fsp3) is 0.185. The molecule has 4 heterocycles. The van der Waals surface area contributed by atoms with E-state index in [1.54, 1.807) is 37.3 Å². The normalized spacial score (nSPS) is 18.1. The van der Waals surface area contributed by atoms with Gasteiger partial charge < -0.3 is 19.0 Å². The number of carbonyl (C=O) groups is 2. The summed E-state index contributed by atoms with van der Waals surface area (Å²) < 4.78 is 17.6. The van der Waals surface area contributed by atoms with Crippen LogP contribution in [0.5, 0.6) is 11.5 Å². The van der Waals surface area contributed by atoms with E-state index < -0.39 is 17.7 Å². The minimum Gasteiger partial charge on any atom is -0.507 e. The van der Waals surface area contributed by atoms with Gasteiger partial charge in [0.15, 0.2) is 15.8 Å². The molecule has 1 atom stereocenters. The highest BCUT2D eigenvalue weighted by molar-refractivity contribution is 8.00. The van der Waals surface area contributed by atoms with Crippen molar-refractivity contribution in [1.82, 2.24) is 10.2 Å². The molecule has 2 aliphatic rings. The highest BCUT2D eigenvalue weighted by Gasteiger charge is 2.50. The number of thioether (sulfide) groups is 1. The summed E-state index contributed by atoms with van der Waals surface area (Å²) in [6.07, 6.45) is 0. The number of carbonyl (C=O) groups excluding carboxylic acids is 2. The molecular weight excluding hydrogens is 562 g/mol. The lowest BCUT2D eigenvalue weighted by Crippen LogP contribution is -2.29. The maximum absolute atomic E-state index is 13.4. The Morgan fingerprint density at radius 2 is 1.90 bits per heavy atom. The van der Waals surface area contributed by atoms with Gasteiger partial charge in [-0.1, -0.05) is 52.9 Å². The SMILES string of the molecule is Cc1ccc(C2C(=C(O)c3ccc4c(c3)OCCO4)C(=O)C(=O)N2c2nnc(SCc3ccccc3Cl)s2)o1. The zero-order chi connectivity index (χ0) is 27.1. The molecule has 0 bridgehead atoms. The zero-order valence-electron chi connectivity index (χ0n) is 20.4. The van der Waals surface area contributed by atoms with Gasteiger partial charge in [-0.2, -0.15) is 0 Å². The number of hydrogen-bond acceptors (Lipinski definition) is 10. The lowest BCUT2D eigenvalue weighted by atomic mass is 9.99. The molecule has 0 saturated carbocycles. The van der Waals surface area contributed by atoms with Gasteiger partial charge in [-0.3, -0.25) is 14.5 Å². The molecule has 6 rings (SSSR count). The summed E-state index contributed by atoms with van der Waals surface area (Å²) in [5.74, 6) is 0.368. The van der Waals surface area contributed by atoms with Crippen molar-refractivity contribution in [3.05, 3.63) is 87.8 Å². The van der Waals surface area contributed by atoms with Gasteiger partial charge in [0, 0.05) is 16.3 Å². The molecule has 4 aromatic rings. The first kappa shape index (κ1) is 25.5. The average molecular weight is 582 g/mol. The zero-order valence-corrected chi connectivity index (χ0v) is 22.8. The van der Waals surface area contributed by atoms with Crippen LogP contribution in [0.15, 0.2) is 68.9 Å². The van der Waals surface area contributed by atoms with E-state index in [4.69, 9.17) is 25.5 Å². The molecule has 1 fully saturated rings. The lowest BCUT2D eigenvalue weighted by Gasteiger charge is -2.21. The molecule has 1 unspecified atom stereocenters. The summed E-state index contributed by atoms with van der Waals surface area (Å²) in [5, 5.41) is 20.6. The minimum atomic E-state index is -1.04. The number of aryl methyl sites for hydroxylation is 1. The number of rotatable bonds is 6. The molecule has 2 aromatic carbocycles. The summed E-state index contributed by atoms with van der Waals surface area (Å²) in [5.41, 5.74) is 1.12. The van der Waals surface area contributed by atoms with Crippen LogP contribution in [0.4, 0.5) is 5.13 Å². The molecule has 0 aliphatic carbocycles. The Kier molecular flexibility index (Phi) is 6.79. The molecule has 0 spiro atoms. The monoisotopic (exact) mass is 581 g/mol. The molecule has 0 radical (unpaired) electrons. The molecule has 9 nitrogen and oxygen atoms in total. The van der Waals surface area contributed by atoms with Crippen molar-refractivity contribution in [2.45, 2.75) is 23.1 Å². The van der Waals surface area contributed by atoms with Gasteiger partial charge in [0.05, 0.1) is 5.57 Å². The van der Waals surface area contributed by atoms with Gasteiger partial charge in [-0.25, -0.2) is 0 Å². The average Bonchev–Trinajstić information content (AvgIpc) is 3.65. The van der Waals surface area contributed by atoms with Gasteiger partial charge in [-0.05, 0) is 48.9 Å². The number of hydrogen-bond donors (Lipinski definition) is 1. The van der Waals surface area contributed by atoms with Gasteiger partial charge in [0.2, 0.25) is 5.13 Å². The van der Waals surface area contributed by atoms with E-state index in [0.717, 1.165) is 16.9 Å². The van der Waals surface area contributed by atoms with Crippen molar-refractivity contribution in [2.75, 3.05) is 18.1 Å². The van der Waals surface area contributed by atoms with E-state index in [9.17, 15) is 14.7 Å². The van der Waals surface area contributed by atoms with E-state index >= 15 is 0 Å². The highest BCUT2D eigenvalue weighted by Crippen LogP contribution is 2.45. The number of ketones is 1. The minimum absolute atomic E-state index is 0.119. The Hall–Kier alpha value is -3.80. The third-order valence-corrected chi connectivity index (χ3v) is 8.67. The van der Waals surface area contributed by atoms with Gasteiger partial charge >= 0.3 is 5.91 Å². The number of anilines is 1. The van der Waals surface area contributed by atoms with E-state index in [1.165, 1.54) is 16.7 Å². The maximum Gasteiger partial charge on any atom is 0.302 e. The molecule has 2 aliphatic heterocycles. The molecule has 1 N–H and O–H groups in total. The van der Waals surface area contributed by atoms with Crippen LogP contribution in [0, 0.1) is 6.92 Å². The van der Waals surface area contributed by atoms with Crippen LogP contribution in [0.25, 0.3) is 5.76 Å². The van der Waals surface area contributed by atoms with E-state index in [1.807, 2.05) is 24.3 Å². The Bertz CT molecular complexity index is 1630. The van der Waals surface area contributed by atoms with Crippen molar-refractivity contribution in [3.8, 4) is 11.5 Å². The first-order valence-corrected chi connectivity index (χ1v) is 14.1. The first-order valence-electron chi connectivity index (χ1n) is 11.9. The molecule has 39 heavy (non-hydrogen) atoms. The van der Waals surface area contributed by atoms with Crippen LogP contribution < -0.4 is 14.4 Å². The second-order valence-electron chi connectivity index (χ2n) is 8.71. The standard InChI is InChI=1S/C27H20ClN3O6S2/c1-14-6-8-19(37-14)22-21(23(32)15-7-9-18-20(12-15)36-11-10-35-18)24(33)25(34)31(22)26-29-30-27(39-26)38-13-16-4-2-3-5-17(16)28/h2-9,12,22,32H,10-11,13H2,1H3. The number of fused-ring (bicyclic) bond motifs is 1. The molecule has 1 saturated heterocycles. The van der Waals surface area contributed by atoms with Crippen molar-refractivity contribution in [2.24, 2.45) is 0 Å². The summed E-state index contributed by atoms with van der Waals surface area (Å²) >= 11 is 8.85. The fourth-order valence-corrected chi connectivity index (χ4v) is 6.51. The third-order valence-electron chi connectivity index (χ3n) is 6.20. The second kappa shape index (κ2) is 10.4. The summed E-state index contributed by atoms with van der Waals surface area (Å²) in [4.78, 5) is 28.0. The maximum atomic E-state index is 13.4. The van der Waals surface area contributed by atoms with Crippen LogP contribution >= 0.6 is 34.7 Å². The number of amides is 1. The lowest BCUT2D eigenvalue weighted by molar-refractivity contribution is -0.132. The van der Waals surface area contributed by atoms with Crippen LogP contribution in [0.1, 0.15) is 28.7 Å². The number of benzene rings is 2. The van der Waals surface area contributed by atoms with Crippen molar-refractivity contribution >= 4 is 57.3 Å². The number of nitrogens with zero attached hydrogens (tertiary/aromatic N) is 3. The molecule has 2 aromatic heterocycles. The number of aliphatic hydroxyl groups excluding tert-OH is 1. The largest absolute Gasteiger partial charge is 0.507 e. The van der Waals surface area contributed by atoms with Crippen LogP contribution in [0.3, 0.4) is 0 Å². The third kappa shape index (κ3) is 4.77. The fourth-order valence-electron chi connectivity index (χ4n) is 4.36. The van der Waals surface area contributed by atoms with Crippen molar-refractivity contribution < 1.29 is 28.6 Å². The van der Waals surface area contributed by atoms with Crippen LogP contribution in [-0.2, 0) is 15.3 Å². The number of aliphatic hydroxyl groups is 1. The highest BCUT2D eigenvalue weighted by atomic mass is 35.5. The van der Waals surface area contributed by atoms with Crippen LogP contribution in [0.2, 0.25) is 5.02 Å². The van der Waals surface area contributed by atoms with Gasteiger partial charge in [0.25, 0.3) is 5.78 Å². The Labute approximate surface area is 236 Å². The smallest absolute Gasteiger partial charge is 0.302 e. The molecule has 198 valence electrons. The number of Topliss-reactive ketones (excluding diaryl/α,β-unsaturated/α-hetero) is 1. The number of furan rings is 1. The Morgan fingerprint density at radius 1 is 1.10 bits per heavy atom. The Balaban J connectivity index is 1.38. The summed E-state index contributed by atoms with van der Waals surface area (Å²) in [7, 11) is 0. The second-order valence-corrected chi connectivity index (χ2v) is 11.3. The molecule has 12 heteroatoms. The van der Waals surface area contributed by atoms with Crippen molar-refractivity contribution in [1.29, 1.82) is 0 Å². The van der Waals surface area contributed by atoms with Crippen LogP contribution in [-0.4, -0.2) is 40.2 Å². The van der Waals surface area contributed by atoms with Gasteiger partial charge in [0.1, 0.15) is 36.5 Å². The van der Waals surface area contributed by atoms with Gasteiger partial charge in [-0.15, -0.1) is 10.2 Å².